The Hall–Kier alpha value is -2.09. The Labute approximate surface area is 167 Å². The van der Waals surface area contributed by atoms with Gasteiger partial charge in [-0.3, -0.25) is 4.90 Å². The molecule has 1 atom stereocenters. The van der Waals surface area contributed by atoms with Gasteiger partial charge < -0.3 is 0 Å². The van der Waals surface area contributed by atoms with Crippen LogP contribution in [0.15, 0.2) is 72.8 Å². The van der Waals surface area contributed by atoms with Crippen LogP contribution >= 0.6 is 11.6 Å². The van der Waals surface area contributed by atoms with Crippen LogP contribution in [-0.4, -0.2) is 18.0 Å². The van der Waals surface area contributed by atoms with Crippen LogP contribution in [0, 0.1) is 6.92 Å². The number of piperidine rings is 1. The number of rotatable bonds is 4. The van der Waals surface area contributed by atoms with Gasteiger partial charge in [0.15, 0.2) is 0 Å². The lowest BCUT2D eigenvalue weighted by atomic mass is 9.90. The van der Waals surface area contributed by atoms with Gasteiger partial charge >= 0.3 is 0 Å². The predicted octanol–water partition coefficient (Wildman–Crippen LogP) is 6.70. The Balaban J connectivity index is 1.44. The number of likely N-dealkylation sites (tertiary alicyclic amines) is 1. The normalized spacial score (nSPS) is 17.8. The minimum absolute atomic E-state index is 0.658. The van der Waals surface area contributed by atoms with Gasteiger partial charge in [-0.1, -0.05) is 77.8 Å². The van der Waals surface area contributed by atoms with Crippen molar-refractivity contribution >= 4 is 11.6 Å². The molecule has 1 unspecified atom stereocenters. The lowest BCUT2D eigenvalue weighted by Crippen LogP contribution is -2.33. The Kier molecular flexibility index (Phi) is 5.61. The van der Waals surface area contributed by atoms with Gasteiger partial charge in [0.05, 0.1) is 0 Å². The van der Waals surface area contributed by atoms with Crippen molar-refractivity contribution in [3.8, 4) is 11.1 Å². The molecule has 1 fully saturated rings. The van der Waals surface area contributed by atoms with Crippen LogP contribution in [0.5, 0.6) is 0 Å². The number of halogens is 1. The Bertz CT molecular complexity index is 886. The van der Waals surface area contributed by atoms with Gasteiger partial charge in [0.25, 0.3) is 0 Å². The van der Waals surface area contributed by atoms with Crippen LogP contribution in [0.4, 0.5) is 0 Å². The molecule has 1 saturated heterocycles. The van der Waals surface area contributed by atoms with Crippen molar-refractivity contribution in [1.29, 1.82) is 0 Å². The van der Waals surface area contributed by atoms with E-state index in [1.54, 1.807) is 0 Å². The summed E-state index contributed by atoms with van der Waals surface area (Å²) in [5.41, 5.74) is 6.39. The SMILES string of the molecule is Cc1ccc(Cl)c(-c2ccc(CN3CCCC(c4ccccc4)C3)cc2)c1. The maximum Gasteiger partial charge on any atom is 0.0484 e. The van der Waals surface area contributed by atoms with Crippen LogP contribution < -0.4 is 0 Å². The third-order valence-corrected chi connectivity index (χ3v) is 5.90. The average Bonchev–Trinajstić information content (AvgIpc) is 2.71. The summed E-state index contributed by atoms with van der Waals surface area (Å²) in [5.74, 6) is 0.658. The molecule has 27 heavy (non-hydrogen) atoms. The van der Waals surface area contributed by atoms with Crippen molar-refractivity contribution < 1.29 is 0 Å². The fourth-order valence-corrected chi connectivity index (χ4v) is 4.33. The van der Waals surface area contributed by atoms with Gasteiger partial charge in [0, 0.05) is 23.7 Å². The predicted molar refractivity (Wildman–Crippen MR) is 115 cm³/mol. The van der Waals surface area contributed by atoms with E-state index in [2.05, 4.69) is 78.6 Å². The maximum atomic E-state index is 6.39. The van der Waals surface area contributed by atoms with Crippen LogP contribution in [-0.2, 0) is 6.54 Å². The molecule has 1 heterocycles. The van der Waals surface area contributed by atoms with Crippen LogP contribution in [0.1, 0.15) is 35.4 Å². The third-order valence-electron chi connectivity index (χ3n) is 5.57. The first-order valence-corrected chi connectivity index (χ1v) is 10.2. The van der Waals surface area contributed by atoms with Gasteiger partial charge in [0.2, 0.25) is 0 Å². The largest absolute Gasteiger partial charge is 0.298 e. The van der Waals surface area contributed by atoms with E-state index < -0.39 is 0 Å². The quantitative estimate of drug-likeness (QED) is 0.490. The Morgan fingerprint density at radius 1 is 0.963 bits per heavy atom. The number of aryl methyl sites for hydroxylation is 1. The molecule has 4 rings (SSSR count). The van der Waals surface area contributed by atoms with Crippen molar-refractivity contribution in [3.05, 3.63) is 94.5 Å². The molecule has 0 N–H and O–H groups in total. The Morgan fingerprint density at radius 3 is 2.52 bits per heavy atom. The van der Waals surface area contributed by atoms with Crippen molar-refractivity contribution in [3.63, 3.8) is 0 Å². The van der Waals surface area contributed by atoms with E-state index in [1.165, 1.54) is 41.6 Å². The zero-order valence-electron chi connectivity index (χ0n) is 15.9. The average molecular weight is 376 g/mol. The highest BCUT2D eigenvalue weighted by Crippen LogP contribution is 2.30. The summed E-state index contributed by atoms with van der Waals surface area (Å²) < 4.78 is 0. The topological polar surface area (TPSA) is 3.24 Å². The first-order chi connectivity index (χ1) is 13.2. The summed E-state index contributed by atoms with van der Waals surface area (Å²) in [6.45, 7) is 5.46. The van der Waals surface area contributed by atoms with Crippen LogP contribution in [0.2, 0.25) is 5.02 Å². The van der Waals surface area contributed by atoms with Gasteiger partial charge in [-0.15, -0.1) is 0 Å². The summed E-state index contributed by atoms with van der Waals surface area (Å²) in [7, 11) is 0. The smallest absolute Gasteiger partial charge is 0.0484 e. The number of benzene rings is 3. The highest BCUT2D eigenvalue weighted by atomic mass is 35.5. The molecule has 3 aromatic carbocycles. The number of nitrogens with zero attached hydrogens (tertiary/aromatic N) is 1. The van der Waals surface area contributed by atoms with Gasteiger partial charge in [0.1, 0.15) is 0 Å². The fourth-order valence-electron chi connectivity index (χ4n) is 4.10. The zero-order chi connectivity index (χ0) is 18.6. The molecule has 0 bridgehead atoms. The first kappa shape index (κ1) is 18.3. The minimum atomic E-state index is 0.658. The van der Waals surface area contributed by atoms with E-state index in [0.717, 1.165) is 23.7 Å². The van der Waals surface area contributed by atoms with Crippen molar-refractivity contribution in [2.45, 2.75) is 32.2 Å². The van der Waals surface area contributed by atoms with E-state index >= 15 is 0 Å². The standard InChI is InChI=1S/C25H26ClN/c1-19-9-14-25(26)24(16-19)22-12-10-20(11-13-22)17-27-15-5-8-23(18-27)21-6-3-2-4-7-21/h2-4,6-7,9-14,16,23H,5,8,15,17-18H2,1H3. The molecule has 1 aliphatic heterocycles. The highest BCUT2D eigenvalue weighted by Gasteiger charge is 2.21. The summed E-state index contributed by atoms with van der Waals surface area (Å²) in [6.07, 6.45) is 2.57. The molecule has 2 heteroatoms. The summed E-state index contributed by atoms with van der Waals surface area (Å²) >= 11 is 6.39. The molecule has 1 aliphatic rings. The molecule has 0 radical (unpaired) electrons. The third kappa shape index (κ3) is 4.43. The van der Waals surface area contributed by atoms with E-state index in [0.29, 0.717) is 5.92 Å². The summed E-state index contributed by atoms with van der Waals surface area (Å²) in [5, 5.41) is 0.815. The zero-order valence-corrected chi connectivity index (χ0v) is 16.6. The van der Waals surface area contributed by atoms with Crippen molar-refractivity contribution in [2.75, 3.05) is 13.1 Å². The van der Waals surface area contributed by atoms with E-state index in [9.17, 15) is 0 Å². The molecule has 138 valence electrons. The van der Waals surface area contributed by atoms with Crippen LogP contribution in [0.25, 0.3) is 11.1 Å². The maximum absolute atomic E-state index is 6.39. The molecule has 0 aromatic heterocycles. The van der Waals surface area contributed by atoms with Gasteiger partial charge in [-0.25, -0.2) is 0 Å². The molecular formula is C25H26ClN. The second-order valence-corrected chi connectivity index (χ2v) is 8.07. The van der Waals surface area contributed by atoms with E-state index in [1.807, 2.05) is 6.07 Å². The molecule has 0 saturated carbocycles. The monoisotopic (exact) mass is 375 g/mol. The molecule has 0 spiro atoms. The van der Waals surface area contributed by atoms with Crippen molar-refractivity contribution in [1.82, 2.24) is 4.90 Å². The second kappa shape index (κ2) is 8.29. The lowest BCUT2D eigenvalue weighted by molar-refractivity contribution is 0.200. The van der Waals surface area contributed by atoms with E-state index in [-0.39, 0.29) is 0 Å². The van der Waals surface area contributed by atoms with E-state index in [4.69, 9.17) is 11.6 Å². The summed E-state index contributed by atoms with van der Waals surface area (Å²) in [4.78, 5) is 2.59. The minimum Gasteiger partial charge on any atom is -0.298 e. The molecule has 1 nitrogen and oxygen atoms in total. The fraction of sp³-hybridized carbons (Fsp3) is 0.280. The molecular weight excluding hydrogens is 350 g/mol. The number of hydrogen-bond donors (Lipinski definition) is 0. The molecule has 3 aromatic rings. The molecule has 0 amide bonds. The van der Waals surface area contributed by atoms with Gasteiger partial charge in [-0.05, 0) is 61.1 Å². The second-order valence-electron chi connectivity index (χ2n) is 7.67. The number of hydrogen-bond acceptors (Lipinski definition) is 1. The molecule has 0 aliphatic carbocycles. The first-order valence-electron chi connectivity index (χ1n) is 9.82. The Morgan fingerprint density at radius 2 is 1.74 bits per heavy atom. The van der Waals surface area contributed by atoms with Gasteiger partial charge in [-0.2, -0.15) is 0 Å². The lowest BCUT2D eigenvalue weighted by Gasteiger charge is -2.33. The summed E-state index contributed by atoms with van der Waals surface area (Å²) in [6, 6.07) is 26.1. The van der Waals surface area contributed by atoms with Crippen LogP contribution in [0.3, 0.4) is 0 Å². The van der Waals surface area contributed by atoms with Crippen molar-refractivity contribution in [2.24, 2.45) is 0 Å². The highest BCUT2D eigenvalue weighted by molar-refractivity contribution is 6.33.